The van der Waals surface area contributed by atoms with E-state index in [4.69, 9.17) is 9.47 Å². The van der Waals surface area contributed by atoms with Crippen LogP contribution in [-0.4, -0.2) is 40.8 Å². The number of aromatic amines is 1. The van der Waals surface area contributed by atoms with Crippen LogP contribution in [0.3, 0.4) is 0 Å². The number of para-hydroxylation sites is 1. The van der Waals surface area contributed by atoms with Gasteiger partial charge in [0.1, 0.15) is 5.92 Å². The molecule has 0 saturated heterocycles. The van der Waals surface area contributed by atoms with Crippen LogP contribution in [0.2, 0.25) is 0 Å². The number of amides is 1. The van der Waals surface area contributed by atoms with Crippen LogP contribution in [0.1, 0.15) is 22.9 Å². The van der Waals surface area contributed by atoms with Crippen molar-refractivity contribution in [1.29, 1.82) is 0 Å². The van der Waals surface area contributed by atoms with Gasteiger partial charge >= 0.3 is 0 Å². The first-order chi connectivity index (χ1) is 13.1. The molecule has 2 N–H and O–H groups in total. The van der Waals surface area contributed by atoms with Gasteiger partial charge in [-0.1, -0.05) is 29.5 Å². The Morgan fingerprint density at radius 2 is 2.00 bits per heavy atom. The molecule has 3 aromatic rings. The predicted molar refractivity (Wildman–Crippen MR) is 100.0 cm³/mol. The standard InChI is InChI=1S/C19H21N5O3/c1-12-6-4-8-14(10-12)20-19(25)15(18-21-23-24-22-18)11-13-7-5-9-16(26-2)17(13)27-3/h4-10,15H,11H2,1-3H3,(H,20,25)(H,21,22,23,24). The van der Waals surface area contributed by atoms with Crippen molar-refractivity contribution >= 4 is 11.6 Å². The summed E-state index contributed by atoms with van der Waals surface area (Å²) < 4.78 is 10.8. The van der Waals surface area contributed by atoms with Gasteiger partial charge in [0.2, 0.25) is 5.91 Å². The summed E-state index contributed by atoms with van der Waals surface area (Å²) in [7, 11) is 3.14. The summed E-state index contributed by atoms with van der Waals surface area (Å²) in [6.07, 6.45) is 0.331. The first kappa shape index (κ1) is 18.4. The molecule has 1 atom stereocenters. The number of carbonyl (C=O) groups excluding carboxylic acids is 1. The molecule has 1 unspecified atom stereocenters. The minimum Gasteiger partial charge on any atom is -0.493 e. The number of H-pyrrole nitrogens is 1. The number of hydrogen-bond acceptors (Lipinski definition) is 6. The fraction of sp³-hybridized carbons (Fsp3) is 0.263. The molecular formula is C19H21N5O3. The summed E-state index contributed by atoms with van der Waals surface area (Å²) in [6, 6.07) is 13.1. The lowest BCUT2D eigenvalue weighted by molar-refractivity contribution is -0.117. The van der Waals surface area contributed by atoms with Gasteiger partial charge < -0.3 is 14.8 Å². The zero-order valence-electron chi connectivity index (χ0n) is 15.4. The average molecular weight is 367 g/mol. The monoisotopic (exact) mass is 367 g/mol. The molecule has 0 bridgehead atoms. The summed E-state index contributed by atoms with van der Waals surface area (Å²) in [6.45, 7) is 1.97. The maximum Gasteiger partial charge on any atom is 0.235 e. The lowest BCUT2D eigenvalue weighted by Gasteiger charge is -2.17. The maximum absolute atomic E-state index is 13.0. The Kier molecular flexibility index (Phi) is 5.65. The summed E-state index contributed by atoms with van der Waals surface area (Å²) in [5.41, 5.74) is 2.58. The number of anilines is 1. The van der Waals surface area contributed by atoms with Crippen molar-refractivity contribution in [2.75, 3.05) is 19.5 Å². The molecule has 0 aliphatic carbocycles. The van der Waals surface area contributed by atoms with Gasteiger partial charge in [-0.05, 0) is 42.7 Å². The van der Waals surface area contributed by atoms with E-state index in [0.717, 1.165) is 11.1 Å². The zero-order chi connectivity index (χ0) is 19.2. The van der Waals surface area contributed by atoms with Crippen molar-refractivity contribution in [2.45, 2.75) is 19.3 Å². The van der Waals surface area contributed by atoms with Crippen molar-refractivity contribution in [2.24, 2.45) is 0 Å². The molecule has 0 radical (unpaired) electrons. The van der Waals surface area contributed by atoms with E-state index in [1.54, 1.807) is 20.3 Å². The highest BCUT2D eigenvalue weighted by Crippen LogP contribution is 2.34. The number of ether oxygens (including phenoxy) is 2. The second kappa shape index (κ2) is 8.31. The molecule has 1 heterocycles. The number of nitrogens with zero attached hydrogens (tertiary/aromatic N) is 3. The summed E-state index contributed by atoms with van der Waals surface area (Å²) in [4.78, 5) is 13.0. The molecule has 2 aromatic carbocycles. The van der Waals surface area contributed by atoms with Crippen LogP contribution in [0.15, 0.2) is 42.5 Å². The summed E-state index contributed by atoms with van der Waals surface area (Å²) >= 11 is 0. The lowest BCUT2D eigenvalue weighted by atomic mass is 9.96. The highest BCUT2D eigenvalue weighted by atomic mass is 16.5. The highest BCUT2D eigenvalue weighted by molar-refractivity contribution is 5.95. The summed E-state index contributed by atoms with van der Waals surface area (Å²) in [5.74, 6) is 0.611. The van der Waals surface area contributed by atoms with Crippen molar-refractivity contribution in [3.63, 3.8) is 0 Å². The Morgan fingerprint density at radius 3 is 2.67 bits per heavy atom. The molecule has 1 aromatic heterocycles. The van der Waals surface area contributed by atoms with E-state index >= 15 is 0 Å². The Morgan fingerprint density at radius 1 is 1.19 bits per heavy atom. The van der Waals surface area contributed by atoms with Crippen molar-refractivity contribution in [3.05, 3.63) is 59.4 Å². The number of carbonyl (C=O) groups is 1. The van der Waals surface area contributed by atoms with Crippen molar-refractivity contribution < 1.29 is 14.3 Å². The van der Waals surface area contributed by atoms with Gasteiger partial charge in [-0.15, -0.1) is 10.2 Å². The quantitative estimate of drug-likeness (QED) is 0.665. The third-order valence-corrected chi connectivity index (χ3v) is 4.18. The molecular weight excluding hydrogens is 346 g/mol. The minimum absolute atomic E-state index is 0.230. The Bertz CT molecular complexity index is 911. The molecule has 0 aliphatic rings. The van der Waals surface area contributed by atoms with Gasteiger partial charge in [0, 0.05) is 5.69 Å². The second-order valence-corrected chi connectivity index (χ2v) is 6.04. The highest BCUT2D eigenvalue weighted by Gasteiger charge is 2.27. The number of hydrogen-bond donors (Lipinski definition) is 2. The van der Waals surface area contributed by atoms with Crippen molar-refractivity contribution in [1.82, 2.24) is 20.6 Å². The van der Waals surface area contributed by atoms with Gasteiger partial charge in [0.15, 0.2) is 17.3 Å². The van der Waals surface area contributed by atoms with Crippen LogP contribution in [-0.2, 0) is 11.2 Å². The van der Waals surface area contributed by atoms with Gasteiger partial charge in [0.25, 0.3) is 0 Å². The Labute approximate surface area is 156 Å². The smallest absolute Gasteiger partial charge is 0.235 e. The molecule has 1 amide bonds. The molecule has 8 heteroatoms. The molecule has 0 spiro atoms. The van der Waals surface area contributed by atoms with Gasteiger partial charge in [-0.3, -0.25) is 4.79 Å². The van der Waals surface area contributed by atoms with Crippen LogP contribution in [0.25, 0.3) is 0 Å². The van der Waals surface area contributed by atoms with Crippen LogP contribution in [0, 0.1) is 6.92 Å². The van der Waals surface area contributed by atoms with E-state index in [1.165, 1.54) is 0 Å². The number of rotatable bonds is 7. The minimum atomic E-state index is -0.648. The van der Waals surface area contributed by atoms with Crippen LogP contribution >= 0.6 is 0 Å². The topological polar surface area (TPSA) is 102 Å². The van der Waals surface area contributed by atoms with E-state index in [1.807, 2.05) is 43.3 Å². The number of nitrogens with one attached hydrogen (secondary N) is 2. The number of benzene rings is 2. The maximum atomic E-state index is 13.0. The van der Waals surface area contributed by atoms with E-state index in [2.05, 4.69) is 25.9 Å². The molecule has 0 aliphatic heterocycles. The van der Waals surface area contributed by atoms with E-state index in [0.29, 0.717) is 29.4 Å². The number of tetrazole rings is 1. The third-order valence-electron chi connectivity index (χ3n) is 4.18. The number of aryl methyl sites for hydroxylation is 1. The van der Waals surface area contributed by atoms with Crippen LogP contribution in [0.4, 0.5) is 5.69 Å². The SMILES string of the molecule is COc1cccc(CC(C(=O)Nc2cccc(C)c2)c2nn[nH]n2)c1OC. The molecule has 0 saturated carbocycles. The lowest BCUT2D eigenvalue weighted by Crippen LogP contribution is -2.24. The fourth-order valence-corrected chi connectivity index (χ4v) is 2.90. The van der Waals surface area contributed by atoms with E-state index in [-0.39, 0.29) is 5.91 Å². The van der Waals surface area contributed by atoms with Gasteiger partial charge in [0.05, 0.1) is 14.2 Å². The molecule has 140 valence electrons. The molecule has 3 rings (SSSR count). The van der Waals surface area contributed by atoms with Crippen LogP contribution < -0.4 is 14.8 Å². The van der Waals surface area contributed by atoms with E-state index in [9.17, 15) is 4.79 Å². The normalized spacial score (nSPS) is 11.7. The third kappa shape index (κ3) is 4.22. The van der Waals surface area contributed by atoms with Crippen LogP contribution in [0.5, 0.6) is 11.5 Å². The van der Waals surface area contributed by atoms with Gasteiger partial charge in [-0.2, -0.15) is 5.21 Å². The van der Waals surface area contributed by atoms with Crippen molar-refractivity contribution in [3.8, 4) is 11.5 Å². The molecule has 0 fully saturated rings. The largest absolute Gasteiger partial charge is 0.493 e. The average Bonchev–Trinajstić information content (AvgIpc) is 3.20. The zero-order valence-corrected chi connectivity index (χ0v) is 15.4. The first-order valence-corrected chi connectivity index (χ1v) is 8.43. The second-order valence-electron chi connectivity index (χ2n) is 6.04. The Balaban J connectivity index is 1.90. The fourth-order valence-electron chi connectivity index (χ4n) is 2.90. The summed E-state index contributed by atoms with van der Waals surface area (Å²) in [5, 5.41) is 16.9. The predicted octanol–water partition coefficient (Wildman–Crippen LogP) is 2.49. The molecule has 8 nitrogen and oxygen atoms in total. The number of aromatic nitrogens is 4. The number of methoxy groups -OCH3 is 2. The molecule has 27 heavy (non-hydrogen) atoms. The first-order valence-electron chi connectivity index (χ1n) is 8.43. The Hall–Kier alpha value is -3.42. The van der Waals surface area contributed by atoms with Gasteiger partial charge in [-0.25, -0.2) is 0 Å². The van der Waals surface area contributed by atoms with E-state index < -0.39 is 5.92 Å².